The molecule has 0 amide bonds. The average Bonchev–Trinajstić information content (AvgIpc) is 2.69. The number of ether oxygens (including phenoxy) is 3. The van der Waals surface area contributed by atoms with E-state index in [4.69, 9.17) is 14.2 Å². The largest absolute Gasteiger partial charge is 0.382 e. The quantitative estimate of drug-likeness (QED) is 0.468. The van der Waals surface area contributed by atoms with Crippen molar-refractivity contribution in [3.63, 3.8) is 0 Å². The molecule has 1 fully saturated rings. The minimum absolute atomic E-state index is 0.392. The van der Waals surface area contributed by atoms with Crippen molar-refractivity contribution in [1.29, 1.82) is 0 Å². The molecule has 4 heteroatoms. The second-order valence-electron chi connectivity index (χ2n) is 5.57. The number of rotatable bonds is 11. The Hall–Kier alpha value is -0.160. The molecule has 0 aromatic rings. The van der Waals surface area contributed by atoms with Gasteiger partial charge in [-0.3, -0.25) is 0 Å². The standard InChI is InChI=1S/C16H33NO3/c1-3-10-17-15-8-5-4-6-9-16(15)20-12-7-11-19-14-13-18-2/h15-17H,3-14H2,1-2H3. The Morgan fingerprint density at radius 3 is 2.65 bits per heavy atom. The summed E-state index contributed by atoms with van der Waals surface area (Å²) in [4.78, 5) is 0. The fourth-order valence-corrected chi connectivity index (χ4v) is 2.68. The third kappa shape index (κ3) is 8.20. The first-order chi connectivity index (χ1) is 9.88. The third-order valence-electron chi connectivity index (χ3n) is 3.81. The van der Waals surface area contributed by atoms with Crippen LogP contribution in [0.3, 0.4) is 0 Å². The summed E-state index contributed by atoms with van der Waals surface area (Å²) in [6, 6.07) is 0.548. The van der Waals surface area contributed by atoms with Crippen LogP contribution in [-0.2, 0) is 14.2 Å². The average molecular weight is 287 g/mol. The van der Waals surface area contributed by atoms with Crippen molar-refractivity contribution in [2.24, 2.45) is 0 Å². The van der Waals surface area contributed by atoms with Crippen LogP contribution in [-0.4, -0.2) is 52.2 Å². The molecule has 1 N–H and O–H groups in total. The summed E-state index contributed by atoms with van der Waals surface area (Å²) in [5.74, 6) is 0. The Labute approximate surface area is 124 Å². The van der Waals surface area contributed by atoms with Gasteiger partial charge < -0.3 is 19.5 Å². The van der Waals surface area contributed by atoms with E-state index in [-0.39, 0.29) is 0 Å². The molecule has 1 saturated carbocycles. The predicted molar refractivity (Wildman–Crippen MR) is 82.2 cm³/mol. The van der Waals surface area contributed by atoms with Crippen LogP contribution in [0.25, 0.3) is 0 Å². The van der Waals surface area contributed by atoms with Crippen LogP contribution < -0.4 is 5.32 Å². The van der Waals surface area contributed by atoms with Gasteiger partial charge in [0.1, 0.15) is 0 Å². The predicted octanol–water partition coefficient (Wildman–Crippen LogP) is 2.76. The molecule has 1 aliphatic carbocycles. The lowest BCUT2D eigenvalue weighted by atomic mass is 10.1. The summed E-state index contributed by atoms with van der Waals surface area (Å²) < 4.78 is 16.5. The zero-order valence-corrected chi connectivity index (χ0v) is 13.4. The summed E-state index contributed by atoms with van der Waals surface area (Å²) in [6.45, 7) is 6.25. The number of hydrogen-bond acceptors (Lipinski definition) is 4. The highest BCUT2D eigenvalue weighted by Crippen LogP contribution is 2.21. The van der Waals surface area contributed by atoms with Gasteiger partial charge in [-0.1, -0.05) is 26.2 Å². The molecule has 0 heterocycles. The second-order valence-corrected chi connectivity index (χ2v) is 5.57. The maximum Gasteiger partial charge on any atom is 0.0728 e. The summed E-state index contributed by atoms with van der Waals surface area (Å²) in [7, 11) is 1.70. The van der Waals surface area contributed by atoms with Crippen molar-refractivity contribution in [3.8, 4) is 0 Å². The maximum absolute atomic E-state index is 6.11. The van der Waals surface area contributed by atoms with Crippen LogP contribution in [0.2, 0.25) is 0 Å². The van der Waals surface area contributed by atoms with Crippen molar-refractivity contribution >= 4 is 0 Å². The van der Waals surface area contributed by atoms with Gasteiger partial charge in [0.2, 0.25) is 0 Å². The second kappa shape index (κ2) is 12.6. The van der Waals surface area contributed by atoms with E-state index in [0.717, 1.165) is 26.2 Å². The lowest BCUT2D eigenvalue weighted by molar-refractivity contribution is 0.00398. The SMILES string of the molecule is CCCNC1CCCCCC1OCCCOCCOC. The highest BCUT2D eigenvalue weighted by molar-refractivity contribution is 4.80. The van der Waals surface area contributed by atoms with Crippen LogP contribution in [0.5, 0.6) is 0 Å². The van der Waals surface area contributed by atoms with Gasteiger partial charge in [-0.2, -0.15) is 0 Å². The molecule has 20 heavy (non-hydrogen) atoms. The molecular weight excluding hydrogens is 254 g/mol. The van der Waals surface area contributed by atoms with Gasteiger partial charge in [0, 0.05) is 26.4 Å². The monoisotopic (exact) mass is 287 g/mol. The van der Waals surface area contributed by atoms with Crippen LogP contribution in [0.15, 0.2) is 0 Å². The van der Waals surface area contributed by atoms with Gasteiger partial charge in [-0.05, 0) is 32.2 Å². The molecule has 0 aromatic heterocycles. The van der Waals surface area contributed by atoms with Crippen molar-refractivity contribution < 1.29 is 14.2 Å². The van der Waals surface area contributed by atoms with Gasteiger partial charge in [0.25, 0.3) is 0 Å². The van der Waals surface area contributed by atoms with E-state index in [1.165, 1.54) is 38.5 Å². The fraction of sp³-hybridized carbons (Fsp3) is 1.00. The van der Waals surface area contributed by atoms with E-state index in [1.807, 2.05) is 0 Å². The van der Waals surface area contributed by atoms with Gasteiger partial charge in [0.05, 0.1) is 19.3 Å². The number of hydrogen-bond donors (Lipinski definition) is 1. The van der Waals surface area contributed by atoms with Gasteiger partial charge in [-0.25, -0.2) is 0 Å². The summed E-state index contributed by atoms with van der Waals surface area (Å²) in [5.41, 5.74) is 0. The molecule has 0 aliphatic heterocycles. The Bertz CT molecular complexity index is 214. The number of methoxy groups -OCH3 is 1. The number of nitrogens with one attached hydrogen (secondary N) is 1. The Balaban J connectivity index is 2.13. The third-order valence-corrected chi connectivity index (χ3v) is 3.81. The van der Waals surface area contributed by atoms with E-state index < -0.39 is 0 Å². The van der Waals surface area contributed by atoms with Crippen molar-refractivity contribution in [2.75, 3.05) is 40.1 Å². The Morgan fingerprint density at radius 1 is 1.00 bits per heavy atom. The van der Waals surface area contributed by atoms with Crippen LogP contribution in [0.1, 0.15) is 51.9 Å². The van der Waals surface area contributed by atoms with Crippen molar-refractivity contribution in [3.05, 3.63) is 0 Å². The zero-order valence-electron chi connectivity index (χ0n) is 13.4. The van der Waals surface area contributed by atoms with Crippen molar-refractivity contribution in [1.82, 2.24) is 5.32 Å². The fourth-order valence-electron chi connectivity index (χ4n) is 2.68. The first kappa shape index (κ1) is 17.9. The summed E-state index contributed by atoms with van der Waals surface area (Å²) in [6.07, 6.45) is 9.01. The van der Waals surface area contributed by atoms with E-state index in [0.29, 0.717) is 25.4 Å². The highest BCUT2D eigenvalue weighted by atomic mass is 16.5. The molecule has 1 aliphatic rings. The van der Waals surface area contributed by atoms with E-state index in [2.05, 4.69) is 12.2 Å². The van der Waals surface area contributed by atoms with Gasteiger partial charge in [-0.15, -0.1) is 0 Å². The molecule has 120 valence electrons. The van der Waals surface area contributed by atoms with Crippen LogP contribution in [0.4, 0.5) is 0 Å². The zero-order chi connectivity index (χ0) is 14.5. The highest BCUT2D eigenvalue weighted by Gasteiger charge is 2.23. The summed E-state index contributed by atoms with van der Waals surface area (Å²) in [5, 5.41) is 3.66. The smallest absolute Gasteiger partial charge is 0.0728 e. The van der Waals surface area contributed by atoms with Crippen LogP contribution in [0, 0.1) is 0 Å². The van der Waals surface area contributed by atoms with Crippen molar-refractivity contribution in [2.45, 2.75) is 64.0 Å². The van der Waals surface area contributed by atoms with Crippen LogP contribution >= 0.6 is 0 Å². The molecule has 2 unspecified atom stereocenters. The van der Waals surface area contributed by atoms with Gasteiger partial charge in [0.15, 0.2) is 0 Å². The molecule has 0 spiro atoms. The lowest BCUT2D eigenvalue weighted by Gasteiger charge is -2.26. The minimum Gasteiger partial charge on any atom is -0.382 e. The van der Waals surface area contributed by atoms with Gasteiger partial charge >= 0.3 is 0 Å². The maximum atomic E-state index is 6.11. The molecule has 0 bridgehead atoms. The molecule has 2 atom stereocenters. The van der Waals surface area contributed by atoms with E-state index >= 15 is 0 Å². The normalized spacial score (nSPS) is 23.7. The molecule has 0 aromatic carbocycles. The first-order valence-corrected chi connectivity index (χ1v) is 8.30. The molecule has 0 saturated heterocycles. The van der Waals surface area contributed by atoms with E-state index in [9.17, 15) is 0 Å². The van der Waals surface area contributed by atoms with E-state index in [1.54, 1.807) is 7.11 Å². The topological polar surface area (TPSA) is 39.7 Å². The first-order valence-electron chi connectivity index (χ1n) is 8.30. The molecular formula is C16H33NO3. The lowest BCUT2D eigenvalue weighted by Crippen LogP contribution is -2.41. The Morgan fingerprint density at radius 2 is 1.85 bits per heavy atom. The summed E-state index contributed by atoms with van der Waals surface area (Å²) >= 11 is 0. The molecule has 1 rings (SSSR count). The Kier molecular flexibility index (Phi) is 11.2. The molecule has 0 radical (unpaired) electrons. The minimum atomic E-state index is 0.392. The molecule has 4 nitrogen and oxygen atoms in total.